The first-order valence-corrected chi connectivity index (χ1v) is 14.4. The Hall–Kier alpha value is -3.30. The molecule has 9 heteroatoms. The minimum absolute atomic E-state index is 0.0347. The fraction of sp³-hybridized carbons (Fsp3) is 0.448. The molecule has 0 aliphatic carbocycles. The van der Waals surface area contributed by atoms with Gasteiger partial charge in [-0.2, -0.15) is 0 Å². The molecule has 1 saturated heterocycles. The third kappa shape index (κ3) is 4.58. The Labute approximate surface area is 227 Å². The summed E-state index contributed by atoms with van der Waals surface area (Å²) >= 11 is 1.78. The molecular weight excluding hydrogens is 494 g/mol. The van der Waals surface area contributed by atoms with Crippen LogP contribution in [0.4, 0.5) is 5.82 Å². The van der Waals surface area contributed by atoms with E-state index < -0.39 is 0 Å². The van der Waals surface area contributed by atoms with Gasteiger partial charge in [0.25, 0.3) is 5.91 Å². The minimum Gasteiger partial charge on any atom is -0.355 e. The molecule has 38 heavy (non-hydrogen) atoms. The zero-order valence-corrected chi connectivity index (χ0v) is 23.3. The van der Waals surface area contributed by atoms with Gasteiger partial charge in [-0.05, 0) is 57.2 Å². The Morgan fingerprint density at radius 1 is 1.08 bits per heavy atom. The summed E-state index contributed by atoms with van der Waals surface area (Å²) in [5.74, 6) is 1.03. The van der Waals surface area contributed by atoms with Crippen LogP contribution in [0.5, 0.6) is 0 Å². The van der Waals surface area contributed by atoms with Crippen LogP contribution in [0.3, 0.4) is 0 Å². The van der Waals surface area contributed by atoms with Gasteiger partial charge < -0.3 is 14.8 Å². The van der Waals surface area contributed by atoms with Crippen LogP contribution in [0.25, 0.3) is 21.6 Å². The summed E-state index contributed by atoms with van der Waals surface area (Å²) in [5.41, 5.74) is 7.87. The Morgan fingerprint density at radius 2 is 1.92 bits per heavy atom. The first-order chi connectivity index (χ1) is 18.5. The number of piperazine rings is 1. The number of aryl methyl sites for hydroxylation is 3. The average molecular weight is 530 g/mol. The van der Waals surface area contributed by atoms with Crippen LogP contribution >= 0.6 is 11.3 Å². The van der Waals surface area contributed by atoms with Crippen LogP contribution in [0.15, 0.2) is 30.6 Å². The van der Waals surface area contributed by atoms with E-state index in [0.29, 0.717) is 0 Å². The van der Waals surface area contributed by atoms with E-state index in [-0.39, 0.29) is 5.91 Å². The zero-order chi connectivity index (χ0) is 26.2. The lowest BCUT2D eigenvalue weighted by Gasteiger charge is -2.35. The molecule has 0 radical (unpaired) electrons. The van der Waals surface area contributed by atoms with Gasteiger partial charge in [-0.3, -0.25) is 9.69 Å². The van der Waals surface area contributed by atoms with Crippen molar-refractivity contribution in [1.82, 2.24) is 29.7 Å². The summed E-state index contributed by atoms with van der Waals surface area (Å²) in [5, 5.41) is 3.80. The van der Waals surface area contributed by atoms with E-state index in [1.165, 1.54) is 40.1 Å². The molecule has 6 rings (SSSR count). The Bertz CT molecular complexity index is 1460. The van der Waals surface area contributed by atoms with Crippen molar-refractivity contribution in [1.29, 1.82) is 0 Å². The van der Waals surface area contributed by atoms with Gasteiger partial charge in [0, 0.05) is 62.5 Å². The molecule has 4 aromatic rings. The van der Waals surface area contributed by atoms with E-state index in [9.17, 15) is 4.79 Å². The molecule has 8 nitrogen and oxygen atoms in total. The number of benzene rings is 1. The number of amides is 1. The van der Waals surface area contributed by atoms with Crippen molar-refractivity contribution in [3.8, 4) is 10.6 Å². The molecule has 0 saturated carbocycles. The van der Waals surface area contributed by atoms with Gasteiger partial charge in [0.1, 0.15) is 22.4 Å². The lowest BCUT2D eigenvalue weighted by molar-refractivity contribution is 0.0963. The van der Waals surface area contributed by atoms with Gasteiger partial charge in [-0.25, -0.2) is 15.0 Å². The summed E-state index contributed by atoms with van der Waals surface area (Å²) in [6.45, 7) is 10.1. The predicted octanol–water partition coefficient (Wildman–Crippen LogP) is 4.23. The van der Waals surface area contributed by atoms with E-state index in [1.807, 2.05) is 18.2 Å². The first kappa shape index (κ1) is 25.0. The summed E-state index contributed by atoms with van der Waals surface area (Å²) in [6.07, 6.45) is 6.14. The Balaban J connectivity index is 1.22. The molecule has 198 valence electrons. The average Bonchev–Trinajstić information content (AvgIpc) is 3.47. The molecular formula is C29H35N7OS. The third-order valence-corrected chi connectivity index (χ3v) is 9.11. The number of carbonyl (C=O) groups is 1. The van der Waals surface area contributed by atoms with E-state index in [4.69, 9.17) is 15.0 Å². The number of anilines is 1. The number of rotatable bonds is 6. The maximum Gasteiger partial charge on any atom is 0.251 e. The molecule has 0 atom stereocenters. The van der Waals surface area contributed by atoms with Gasteiger partial charge in [-0.15, -0.1) is 11.3 Å². The van der Waals surface area contributed by atoms with E-state index in [0.717, 1.165) is 79.7 Å². The van der Waals surface area contributed by atoms with Crippen molar-refractivity contribution in [2.45, 2.75) is 46.1 Å². The van der Waals surface area contributed by atoms with E-state index in [2.05, 4.69) is 39.6 Å². The van der Waals surface area contributed by atoms with Gasteiger partial charge >= 0.3 is 0 Å². The summed E-state index contributed by atoms with van der Waals surface area (Å²) in [7, 11) is 1.67. The van der Waals surface area contributed by atoms with E-state index in [1.54, 1.807) is 24.7 Å². The zero-order valence-electron chi connectivity index (χ0n) is 22.5. The number of hydrogen-bond donors (Lipinski definition) is 1. The molecule has 0 unspecified atom stereocenters. The van der Waals surface area contributed by atoms with Crippen LogP contribution < -0.4 is 10.2 Å². The van der Waals surface area contributed by atoms with Gasteiger partial charge in [0.05, 0.1) is 11.3 Å². The standard InChI is InChI=1S/C29H35N7OS/c1-19-20(2)38-29(33-19)24-23-9-4-5-11-36(23)26-25(24)31-18-32-27(26)35-15-13-34(14-16-35)12-10-21-7-6-8-22(17-21)28(37)30-3/h6-8,17-18H,4-5,9-16H2,1-3H3,(H,30,37). The van der Waals surface area contributed by atoms with E-state index >= 15 is 0 Å². The highest BCUT2D eigenvalue weighted by atomic mass is 32.1. The smallest absolute Gasteiger partial charge is 0.251 e. The summed E-state index contributed by atoms with van der Waals surface area (Å²) in [6, 6.07) is 7.95. The molecule has 5 heterocycles. The molecule has 1 aromatic carbocycles. The van der Waals surface area contributed by atoms with Crippen molar-refractivity contribution < 1.29 is 4.79 Å². The highest BCUT2D eigenvalue weighted by Gasteiger charge is 2.29. The minimum atomic E-state index is -0.0347. The van der Waals surface area contributed by atoms with Crippen molar-refractivity contribution in [3.05, 3.63) is 58.0 Å². The van der Waals surface area contributed by atoms with Crippen LogP contribution in [-0.4, -0.2) is 70.1 Å². The van der Waals surface area contributed by atoms with Crippen molar-refractivity contribution in [2.75, 3.05) is 44.7 Å². The second kappa shape index (κ2) is 10.5. The Kier molecular flexibility index (Phi) is 6.88. The number of nitrogens with zero attached hydrogens (tertiary/aromatic N) is 6. The van der Waals surface area contributed by atoms with Crippen LogP contribution in [0.1, 0.15) is 45.0 Å². The topological polar surface area (TPSA) is 79.2 Å². The van der Waals surface area contributed by atoms with Gasteiger partial charge in [0.2, 0.25) is 0 Å². The molecule has 3 aromatic heterocycles. The fourth-order valence-corrected chi connectivity index (χ4v) is 6.78. The van der Waals surface area contributed by atoms with Crippen molar-refractivity contribution in [3.63, 3.8) is 0 Å². The lowest BCUT2D eigenvalue weighted by atomic mass is 10.1. The summed E-state index contributed by atoms with van der Waals surface area (Å²) in [4.78, 5) is 32.8. The van der Waals surface area contributed by atoms with Crippen LogP contribution in [-0.2, 0) is 19.4 Å². The van der Waals surface area contributed by atoms with Crippen LogP contribution in [0, 0.1) is 13.8 Å². The monoisotopic (exact) mass is 529 g/mol. The van der Waals surface area contributed by atoms with Crippen LogP contribution in [0.2, 0.25) is 0 Å². The molecule has 0 spiro atoms. The number of hydrogen-bond acceptors (Lipinski definition) is 7. The second-order valence-electron chi connectivity index (χ2n) is 10.3. The highest BCUT2D eigenvalue weighted by Crippen LogP contribution is 2.41. The number of nitrogens with one attached hydrogen (secondary N) is 1. The molecule has 2 aliphatic heterocycles. The lowest BCUT2D eigenvalue weighted by Crippen LogP contribution is -2.47. The first-order valence-electron chi connectivity index (χ1n) is 13.6. The van der Waals surface area contributed by atoms with Crippen molar-refractivity contribution in [2.24, 2.45) is 0 Å². The Morgan fingerprint density at radius 3 is 2.68 bits per heavy atom. The quantitative estimate of drug-likeness (QED) is 0.403. The number of thiazole rings is 1. The third-order valence-electron chi connectivity index (χ3n) is 8.02. The van der Waals surface area contributed by atoms with Crippen molar-refractivity contribution >= 4 is 34.1 Å². The number of fused-ring (bicyclic) bond motifs is 3. The maximum atomic E-state index is 12.0. The SMILES string of the molecule is CNC(=O)c1cccc(CCN2CCN(c3ncnc4c(-c5nc(C)c(C)s5)c5n(c34)CCCC5)CC2)c1. The fourth-order valence-electron chi connectivity index (χ4n) is 5.80. The molecule has 1 fully saturated rings. The molecule has 2 aliphatic rings. The molecule has 1 N–H and O–H groups in total. The molecule has 1 amide bonds. The predicted molar refractivity (Wildman–Crippen MR) is 153 cm³/mol. The number of carbonyl (C=O) groups excluding carboxylic acids is 1. The normalized spacial score (nSPS) is 16.1. The molecule has 0 bridgehead atoms. The van der Waals surface area contributed by atoms with Gasteiger partial charge in [0.15, 0.2) is 5.82 Å². The second-order valence-corrected chi connectivity index (χ2v) is 11.5. The maximum absolute atomic E-state index is 12.0. The summed E-state index contributed by atoms with van der Waals surface area (Å²) < 4.78 is 2.49. The largest absolute Gasteiger partial charge is 0.355 e. The highest BCUT2D eigenvalue weighted by molar-refractivity contribution is 7.15. The van der Waals surface area contributed by atoms with Gasteiger partial charge in [-0.1, -0.05) is 12.1 Å². The number of aromatic nitrogens is 4.